The molecule has 3 aliphatic heterocycles. The lowest BCUT2D eigenvalue weighted by Crippen LogP contribution is -2.44. The van der Waals surface area contributed by atoms with Crippen LogP contribution in [0.1, 0.15) is 38.5 Å². The molecule has 4 atom stereocenters. The number of hydrogen-bond acceptors (Lipinski definition) is 7. The summed E-state index contributed by atoms with van der Waals surface area (Å²) in [6.45, 7) is 4.52. The monoisotopic (exact) mass is 476 g/mol. The summed E-state index contributed by atoms with van der Waals surface area (Å²) in [5, 5.41) is 7.27. The highest BCUT2D eigenvalue weighted by Crippen LogP contribution is 2.30. The number of aliphatic imine (C=N–C) groups is 2. The molecule has 33 heavy (non-hydrogen) atoms. The highest BCUT2D eigenvalue weighted by molar-refractivity contribution is 6.30. The van der Waals surface area contributed by atoms with Crippen molar-refractivity contribution < 1.29 is 9.53 Å². The molecule has 1 aliphatic carbocycles. The molecule has 182 valence electrons. The average molecular weight is 477 g/mol. The Labute approximate surface area is 202 Å². The first-order chi connectivity index (χ1) is 16.0. The average Bonchev–Trinajstić information content (AvgIpc) is 3.10. The van der Waals surface area contributed by atoms with E-state index in [-0.39, 0.29) is 30.0 Å². The fourth-order valence-corrected chi connectivity index (χ4v) is 5.20. The fourth-order valence-electron chi connectivity index (χ4n) is 5.00. The van der Waals surface area contributed by atoms with Crippen molar-refractivity contribution in [3.8, 4) is 0 Å². The molecule has 0 radical (unpaired) electrons. The number of amidine groups is 1. The molecule has 3 heterocycles. The van der Waals surface area contributed by atoms with Crippen molar-refractivity contribution in [1.82, 2.24) is 20.4 Å². The first kappa shape index (κ1) is 24.4. The van der Waals surface area contributed by atoms with E-state index in [4.69, 9.17) is 16.3 Å². The molecular formula is C24H37ClN6O2. The van der Waals surface area contributed by atoms with Crippen LogP contribution in [-0.4, -0.2) is 87.0 Å². The SMILES string of the molecule is CN1CCCCCCO[C@@H]2C=C(CC=C2Cl)NC2=NC=NC3NC(=O)C(CN(C)CCC1)C23. The Morgan fingerprint density at radius 1 is 1.09 bits per heavy atom. The van der Waals surface area contributed by atoms with E-state index in [1.54, 1.807) is 6.34 Å². The van der Waals surface area contributed by atoms with Gasteiger partial charge in [0.1, 0.15) is 24.4 Å². The minimum atomic E-state index is -0.268. The number of halogens is 1. The zero-order valence-electron chi connectivity index (χ0n) is 19.8. The molecule has 1 saturated heterocycles. The van der Waals surface area contributed by atoms with Crippen LogP contribution in [0.3, 0.4) is 0 Å². The molecule has 0 spiro atoms. The van der Waals surface area contributed by atoms with Crippen LogP contribution in [0.4, 0.5) is 0 Å². The minimum Gasteiger partial charge on any atom is -0.368 e. The van der Waals surface area contributed by atoms with Crippen LogP contribution in [0.5, 0.6) is 0 Å². The third kappa shape index (κ3) is 6.44. The fraction of sp³-hybridized carbons (Fsp3) is 0.708. The molecular weight excluding hydrogens is 440 g/mol. The zero-order valence-corrected chi connectivity index (χ0v) is 20.6. The lowest BCUT2D eigenvalue weighted by Gasteiger charge is -2.29. The van der Waals surface area contributed by atoms with Crippen LogP contribution < -0.4 is 10.6 Å². The van der Waals surface area contributed by atoms with Crippen molar-refractivity contribution in [2.24, 2.45) is 21.8 Å². The number of rotatable bonds is 0. The molecule has 9 heteroatoms. The summed E-state index contributed by atoms with van der Waals surface area (Å²) in [4.78, 5) is 26.5. The number of allylic oxidation sites excluding steroid dienone is 1. The largest absolute Gasteiger partial charge is 0.368 e. The van der Waals surface area contributed by atoms with E-state index in [1.165, 1.54) is 19.3 Å². The van der Waals surface area contributed by atoms with Crippen LogP contribution in [0.25, 0.3) is 0 Å². The van der Waals surface area contributed by atoms with Crippen molar-refractivity contribution in [2.45, 2.75) is 50.8 Å². The van der Waals surface area contributed by atoms with Crippen molar-refractivity contribution in [3.05, 3.63) is 22.9 Å². The molecule has 4 rings (SSSR count). The van der Waals surface area contributed by atoms with E-state index >= 15 is 0 Å². The zero-order chi connectivity index (χ0) is 23.2. The molecule has 1 fully saturated rings. The summed E-state index contributed by atoms with van der Waals surface area (Å²) >= 11 is 6.45. The van der Waals surface area contributed by atoms with E-state index in [0.717, 1.165) is 49.0 Å². The van der Waals surface area contributed by atoms with Crippen LogP contribution in [0.2, 0.25) is 0 Å². The maximum absolute atomic E-state index is 12.8. The molecule has 2 N–H and O–H groups in total. The summed E-state index contributed by atoms with van der Waals surface area (Å²) < 4.78 is 6.08. The predicted molar refractivity (Wildman–Crippen MR) is 132 cm³/mol. The van der Waals surface area contributed by atoms with Gasteiger partial charge in [-0.1, -0.05) is 30.5 Å². The maximum atomic E-state index is 12.8. The third-order valence-electron chi connectivity index (χ3n) is 6.89. The van der Waals surface area contributed by atoms with Gasteiger partial charge in [0.05, 0.1) is 11.8 Å². The van der Waals surface area contributed by atoms with Gasteiger partial charge in [0.15, 0.2) is 0 Å². The van der Waals surface area contributed by atoms with Gasteiger partial charge in [0, 0.05) is 30.3 Å². The molecule has 0 saturated carbocycles. The summed E-state index contributed by atoms with van der Waals surface area (Å²) in [7, 11) is 4.29. The minimum absolute atomic E-state index is 0.0476. The number of carbonyl (C=O) groups is 1. The summed E-state index contributed by atoms with van der Waals surface area (Å²) in [5.41, 5.74) is 1.00. The van der Waals surface area contributed by atoms with Gasteiger partial charge >= 0.3 is 0 Å². The lowest BCUT2D eigenvalue weighted by molar-refractivity contribution is -0.123. The van der Waals surface area contributed by atoms with Crippen molar-refractivity contribution in [3.63, 3.8) is 0 Å². The quantitative estimate of drug-likeness (QED) is 0.560. The number of ether oxygens (including phenoxy) is 1. The first-order valence-electron chi connectivity index (χ1n) is 12.2. The second-order valence-corrected chi connectivity index (χ2v) is 10.0. The molecule has 0 aromatic rings. The van der Waals surface area contributed by atoms with Crippen molar-refractivity contribution >= 4 is 29.7 Å². The molecule has 8 nitrogen and oxygen atoms in total. The Kier molecular flexibility index (Phi) is 8.57. The van der Waals surface area contributed by atoms with Gasteiger partial charge in [0.25, 0.3) is 0 Å². The van der Waals surface area contributed by atoms with Gasteiger partial charge in [-0.15, -0.1) is 0 Å². The van der Waals surface area contributed by atoms with Crippen molar-refractivity contribution in [2.75, 3.05) is 46.9 Å². The van der Waals surface area contributed by atoms with E-state index in [2.05, 4.69) is 44.5 Å². The molecule has 0 aromatic carbocycles. The first-order valence-corrected chi connectivity index (χ1v) is 12.6. The van der Waals surface area contributed by atoms with Gasteiger partial charge in [-0.05, 0) is 59.1 Å². The Bertz CT molecular complexity index is 826. The smallest absolute Gasteiger partial charge is 0.226 e. The Balaban J connectivity index is 1.50. The highest BCUT2D eigenvalue weighted by atomic mass is 35.5. The number of nitrogens with one attached hydrogen (secondary N) is 2. The van der Waals surface area contributed by atoms with Crippen molar-refractivity contribution in [1.29, 1.82) is 0 Å². The molecule has 0 aromatic heterocycles. The van der Waals surface area contributed by atoms with Gasteiger partial charge in [-0.25, -0.2) is 9.98 Å². The Morgan fingerprint density at radius 2 is 1.88 bits per heavy atom. The van der Waals surface area contributed by atoms with Gasteiger partial charge in [-0.2, -0.15) is 0 Å². The Hall–Kier alpha value is -1.74. The lowest BCUT2D eigenvalue weighted by atomic mass is 9.90. The standard InChI is InChI=1S/C24H37ClN6O2/c1-30-10-5-3-4-6-13-33-20-14-17(8-9-19(20)25)28-22-21-18(15-31(2)12-7-11-30)24(32)29-23(21)27-16-26-22/h9,14,16,18,20-21,23H,3-8,10-13,15H2,1-2H3,(H,29,32)(H,26,27,28)/t18?,20-,21?,23?/m1/s1. The predicted octanol–water partition coefficient (Wildman–Crippen LogP) is 2.33. The number of fused-ring (bicyclic) bond motifs is 1. The van der Waals surface area contributed by atoms with E-state index in [0.29, 0.717) is 19.6 Å². The second-order valence-electron chi connectivity index (χ2n) is 9.60. The molecule has 3 unspecified atom stereocenters. The summed E-state index contributed by atoms with van der Waals surface area (Å²) in [6, 6.07) is 0. The second kappa shape index (κ2) is 11.6. The van der Waals surface area contributed by atoms with Crippen LogP contribution in [-0.2, 0) is 9.53 Å². The molecule has 4 aliphatic rings. The topological polar surface area (TPSA) is 81.6 Å². The number of nitrogens with zero attached hydrogens (tertiary/aromatic N) is 4. The highest BCUT2D eigenvalue weighted by Gasteiger charge is 2.46. The maximum Gasteiger partial charge on any atom is 0.226 e. The van der Waals surface area contributed by atoms with Gasteiger partial charge in [-0.3, -0.25) is 4.79 Å². The van der Waals surface area contributed by atoms with E-state index in [9.17, 15) is 4.79 Å². The van der Waals surface area contributed by atoms with Crippen LogP contribution >= 0.6 is 11.6 Å². The molecule has 1 amide bonds. The Morgan fingerprint density at radius 3 is 2.76 bits per heavy atom. The van der Waals surface area contributed by atoms with E-state index < -0.39 is 0 Å². The third-order valence-corrected chi connectivity index (χ3v) is 7.26. The van der Waals surface area contributed by atoms with Crippen LogP contribution in [0.15, 0.2) is 32.9 Å². The van der Waals surface area contributed by atoms with Crippen LogP contribution in [0, 0.1) is 11.8 Å². The molecule has 2 bridgehead atoms. The van der Waals surface area contributed by atoms with Gasteiger partial charge < -0.3 is 25.2 Å². The number of amides is 1. The summed E-state index contributed by atoms with van der Waals surface area (Å²) in [6.07, 6.45) is 11.5. The summed E-state index contributed by atoms with van der Waals surface area (Å²) in [5.74, 6) is 0.533. The normalized spacial score (nSPS) is 33.2. The van der Waals surface area contributed by atoms with E-state index in [1.807, 2.05) is 12.2 Å². The number of hydrogen-bond donors (Lipinski definition) is 2. The van der Waals surface area contributed by atoms with Gasteiger partial charge in [0.2, 0.25) is 5.91 Å². The number of carbonyl (C=O) groups excluding carboxylic acids is 1.